The number of hydrogen-bond acceptors (Lipinski definition) is 4. The molecule has 0 radical (unpaired) electrons. The highest BCUT2D eigenvalue weighted by Gasteiger charge is 2.09. The van der Waals surface area contributed by atoms with Gasteiger partial charge in [0.25, 0.3) is 0 Å². The molecule has 0 aliphatic heterocycles. The number of aryl methyl sites for hydroxylation is 1. The monoisotopic (exact) mass is 421 g/mol. The highest BCUT2D eigenvalue weighted by molar-refractivity contribution is 7.18. The first-order valence-corrected chi connectivity index (χ1v) is 11.9. The van der Waals surface area contributed by atoms with E-state index in [0.29, 0.717) is 5.13 Å². The number of halogens is 1. The molecular weight excluding hydrogens is 390 g/mol. The molecule has 0 aliphatic rings. The van der Waals surface area contributed by atoms with Crippen molar-refractivity contribution in [2.24, 2.45) is 0 Å². The van der Waals surface area contributed by atoms with Crippen molar-refractivity contribution < 1.29 is 4.79 Å². The summed E-state index contributed by atoms with van der Waals surface area (Å²) in [5.41, 5.74) is 2.39. The molecule has 1 aromatic heterocycles. The number of carbonyl (C=O) groups is 1. The van der Waals surface area contributed by atoms with Gasteiger partial charge in [0, 0.05) is 5.56 Å². The first-order valence-electron chi connectivity index (χ1n) is 10.5. The molecule has 0 spiro atoms. The third-order valence-corrected chi connectivity index (χ3v) is 5.94. The molecule has 0 bridgehead atoms. The van der Waals surface area contributed by atoms with Gasteiger partial charge >= 0.3 is 0 Å². The average Bonchev–Trinajstić information content (AvgIpc) is 3.18. The summed E-state index contributed by atoms with van der Waals surface area (Å²) in [4.78, 5) is 11.3. The molecule has 28 heavy (non-hydrogen) atoms. The molecule has 1 heterocycles. The molecular formula is C22H32ClN3OS. The first-order chi connectivity index (χ1) is 13.7. The summed E-state index contributed by atoms with van der Waals surface area (Å²) in [6.07, 6.45) is 14.8. The maximum atomic E-state index is 11.3. The lowest BCUT2D eigenvalue weighted by Crippen LogP contribution is -2.12. The smallest absolute Gasteiger partial charge is 0.241 e. The van der Waals surface area contributed by atoms with E-state index in [1.54, 1.807) is 0 Å². The number of aromatic nitrogens is 2. The van der Waals surface area contributed by atoms with Crippen LogP contribution in [0.2, 0.25) is 0 Å². The van der Waals surface area contributed by atoms with Crippen molar-refractivity contribution in [3.63, 3.8) is 0 Å². The van der Waals surface area contributed by atoms with Crippen LogP contribution in [0.1, 0.15) is 76.7 Å². The molecule has 0 saturated carbocycles. The van der Waals surface area contributed by atoms with E-state index in [9.17, 15) is 4.79 Å². The molecule has 1 aromatic carbocycles. The van der Waals surface area contributed by atoms with Crippen LogP contribution in [-0.4, -0.2) is 22.0 Å². The topological polar surface area (TPSA) is 54.9 Å². The van der Waals surface area contributed by atoms with Crippen molar-refractivity contribution >= 4 is 34.0 Å². The van der Waals surface area contributed by atoms with Crippen LogP contribution in [0, 0.1) is 0 Å². The van der Waals surface area contributed by atoms with E-state index in [0.717, 1.165) is 17.0 Å². The number of nitrogens with one attached hydrogen (secondary N) is 1. The maximum Gasteiger partial charge on any atom is 0.241 e. The molecule has 6 heteroatoms. The normalized spacial score (nSPS) is 10.9. The SMILES string of the molecule is CCCCCCCCCCCCc1ccc(-c2nnc(NC(=O)CCl)s2)cc1. The summed E-state index contributed by atoms with van der Waals surface area (Å²) in [6, 6.07) is 8.50. The Balaban J connectivity index is 1.63. The number of anilines is 1. The number of alkyl halides is 1. The summed E-state index contributed by atoms with van der Waals surface area (Å²) in [5, 5.41) is 12.0. The van der Waals surface area contributed by atoms with E-state index in [1.165, 1.54) is 81.1 Å². The van der Waals surface area contributed by atoms with Crippen LogP contribution in [-0.2, 0) is 11.2 Å². The predicted molar refractivity (Wildman–Crippen MR) is 120 cm³/mol. The number of nitrogens with zero attached hydrogens (tertiary/aromatic N) is 2. The molecule has 0 saturated heterocycles. The molecule has 1 N–H and O–H groups in total. The minimum atomic E-state index is -0.267. The van der Waals surface area contributed by atoms with Gasteiger partial charge in [-0.05, 0) is 18.4 Å². The fraction of sp³-hybridized carbons (Fsp3) is 0.591. The molecule has 2 aromatic rings. The first kappa shape index (κ1) is 22.8. The Morgan fingerprint density at radius 2 is 1.54 bits per heavy atom. The second kappa shape index (κ2) is 13.7. The highest BCUT2D eigenvalue weighted by Crippen LogP contribution is 2.26. The molecule has 2 rings (SSSR count). The van der Waals surface area contributed by atoms with Crippen molar-refractivity contribution in [1.82, 2.24) is 10.2 Å². The Labute approximate surface area is 178 Å². The molecule has 0 atom stereocenters. The maximum absolute atomic E-state index is 11.3. The van der Waals surface area contributed by atoms with Gasteiger partial charge in [-0.15, -0.1) is 21.8 Å². The van der Waals surface area contributed by atoms with Crippen LogP contribution in [0.5, 0.6) is 0 Å². The summed E-state index contributed by atoms with van der Waals surface area (Å²) < 4.78 is 0. The van der Waals surface area contributed by atoms with E-state index in [1.807, 2.05) is 0 Å². The van der Waals surface area contributed by atoms with E-state index in [4.69, 9.17) is 11.6 Å². The van der Waals surface area contributed by atoms with Gasteiger partial charge in [-0.3, -0.25) is 10.1 Å². The van der Waals surface area contributed by atoms with Gasteiger partial charge in [0.05, 0.1) is 0 Å². The van der Waals surface area contributed by atoms with Crippen molar-refractivity contribution in [2.75, 3.05) is 11.2 Å². The molecule has 0 fully saturated rings. The van der Waals surface area contributed by atoms with E-state index >= 15 is 0 Å². The minimum Gasteiger partial charge on any atom is -0.299 e. The number of benzene rings is 1. The van der Waals surface area contributed by atoms with Crippen LogP contribution in [0.15, 0.2) is 24.3 Å². The lowest BCUT2D eigenvalue weighted by Gasteiger charge is -2.04. The van der Waals surface area contributed by atoms with Crippen molar-refractivity contribution in [3.05, 3.63) is 29.8 Å². The standard InChI is InChI=1S/C22H32ClN3OS/c1-2-3-4-5-6-7-8-9-10-11-12-18-13-15-19(16-14-18)21-25-26-22(28-21)24-20(27)17-23/h13-16H,2-12,17H2,1H3,(H,24,26,27). The minimum absolute atomic E-state index is 0.0808. The Morgan fingerprint density at radius 3 is 2.14 bits per heavy atom. The summed E-state index contributed by atoms with van der Waals surface area (Å²) in [5.74, 6) is -0.348. The second-order valence-electron chi connectivity index (χ2n) is 7.22. The van der Waals surface area contributed by atoms with Gasteiger partial charge in [-0.25, -0.2) is 0 Å². The van der Waals surface area contributed by atoms with Gasteiger partial charge < -0.3 is 0 Å². The van der Waals surface area contributed by atoms with Crippen LogP contribution < -0.4 is 5.32 Å². The Bertz CT molecular complexity index is 687. The molecule has 154 valence electrons. The summed E-state index contributed by atoms with van der Waals surface area (Å²) >= 11 is 6.85. The van der Waals surface area contributed by atoms with E-state index in [2.05, 4.69) is 46.7 Å². The largest absolute Gasteiger partial charge is 0.299 e. The van der Waals surface area contributed by atoms with E-state index in [-0.39, 0.29) is 11.8 Å². The molecule has 0 aliphatic carbocycles. The van der Waals surface area contributed by atoms with Crippen molar-refractivity contribution in [3.8, 4) is 10.6 Å². The van der Waals surface area contributed by atoms with Gasteiger partial charge in [-0.1, -0.05) is 100 Å². The third-order valence-electron chi connectivity index (χ3n) is 4.81. The number of unbranched alkanes of at least 4 members (excludes halogenated alkanes) is 9. The van der Waals surface area contributed by atoms with Crippen molar-refractivity contribution in [2.45, 2.75) is 77.6 Å². The summed E-state index contributed by atoms with van der Waals surface area (Å²) in [6.45, 7) is 2.27. The van der Waals surface area contributed by atoms with Crippen LogP contribution in [0.3, 0.4) is 0 Å². The van der Waals surface area contributed by atoms with Crippen LogP contribution in [0.4, 0.5) is 5.13 Å². The Kier molecular flexibility index (Phi) is 11.1. The zero-order valence-corrected chi connectivity index (χ0v) is 18.5. The van der Waals surface area contributed by atoms with E-state index < -0.39 is 0 Å². The average molecular weight is 422 g/mol. The fourth-order valence-electron chi connectivity index (χ4n) is 3.17. The molecule has 0 unspecified atom stereocenters. The quantitative estimate of drug-likeness (QED) is 0.268. The van der Waals surface area contributed by atoms with Crippen molar-refractivity contribution in [1.29, 1.82) is 0 Å². The zero-order valence-electron chi connectivity index (χ0n) is 16.9. The number of rotatable bonds is 14. The lowest BCUT2D eigenvalue weighted by molar-refractivity contribution is -0.113. The number of carbonyl (C=O) groups excluding carboxylic acids is 1. The third kappa shape index (κ3) is 8.70. The van der Waals surface area contributed by atoms with Gasteiger partial charge in [0.15, 0.2) is 0 Å². The predicted octanol–water partition coefficient (Wildman–Crippen LogP) is 6.85. The van der Waals surface area contributed by atoms with Gasteiger partial charge in [0.1, 0.15) is 10.9 Å². The number of amides is 1. The van der Waals surface area contributed by atoms with Gasteiger partial charge in [-0.2, -0.15) is 0 Å². The molecule has 1 amide bonds. The Morgan fingerprint density at radius 1 is 0.929 bits per heavy atom. The Hall–Kier alpha value is -1.46. The van der Waals surface area contributed by atoms with Crippen LogP contribution >= 0.6 is 22.9 Å². The second-order valence-corrected chi connectivity index (χ2v) is 8.47. The lowest BCUT2D eigenvalue weighted by atomic mass is 10.0. The van der Waals surface area contributed by atoms with Crippen LogP contribution in [0.25, 0.3) is 10.6 Å². The molecule has 4 nitrogen and oxygen atoms in total. The highest BCUT2D eigenvalue weighted by atomic mass is 35.5. The number of hydrogen-bond donors (Lipinski definition) is 1. The fourth-order valence-corrected chi connectivity index (χ4v) is 4.01. The zero-order chi connectivity index (χ0) is 20.0. The summed E-state index contributed by atoms with van der Waals surface area (Å²) in [7, 11) is 0. The van der Waals surface area contributed by atoms with Gasteiger partial charge in [0.2, 0.25) is 11.0 Å².